The lowest BCUT2D eigenvalue weighted by Gasteiger charge is -2.05. The van der Waals surface area contributed by atoms with E-state index in [1.165, 1.54) is 6.33 Å². The molecule has 0 aliphatic heterocycles. The van der Waals surface area contributed by atoms with Crippen LogP contribution < -0.4 is 5.56 Å². The van der Waals surface area contributed by atoms with Gasteiger partial charge in [0.2, 0.25) is 0 Å². The summed E-state index contributed by atoms with van der Waals surface area (Å²) >= 11 is 0. The van der Waals surface area contributed by atoms with Gasteiger partial charge < -0.3 is 4.98 Å². The van der Waals surface area contributed by atoms with E-state index < -0.39 is 0 Å². The number of rotatable bonds is 0. The zero-order chi connectivity index (χ0) is 7.68. The molecule has 0 spiro atoms. The van der Waals surface area contributed by atoms with Crippen molar-refractivity contribution >= 4 is 6.08 Å². The summed E-state index contributed by atoms with van der Waals surface area (Å²) < 4.78 is 0. The molecule has 1 heterocycles. The van der Waals surface area contributed by atoms with Crippen LogP contribution in [0.4, 0.5) is 0 Å². The van der Waals surface area contributed by atoms with E-state index >= 15 is 0 Å². The Morgan fingerprint density at radius 2 is 2.45 bits per heavy atom. The number of aromatic amines is 1. The lowest BCUT2D eigenvalue weighted by molar-refractivity contribution is 0.915. The second-order valence-electron chi connectivity index (χ2n) is 2.54. The molecule has 0 atom stereocenters. The van der Waals surface area contributed by atoms with Gasteiger partial charge in [0.25, 0.3) is 5.56 Å². The number of nitrogens with one attached hydrogen (secondary N) is 1. The highest BCUT2D eigenvalue weighted by Crippen LogP contribution is 2.11. The topological polar surface area (TPSA) is 45.8 Å². The number of fused-ring (bicyclic) bond motifs is 1. The van der Waals surface area contributed by atoms with Gasteiger partial charge in [0.1, 0.15) is 0 Å². The average molecular weight is 148 g/mol. The van der Waals surface area contributed by atoms with Crippen LogP contribution >= 0.6 is 0 Å². The molecule has 0 aromatic carbocycles. The zero-order valence-corrected chi connectivity index (χ0v) is 6.00. The molecule has 2 rings (SSSR count). The van der Waals surface area contributed by atoms with Crippen molar-refractivity contribution in [2.75, 3.05) is 0 Å². The van der Waals surface area contributed by atoms with E-state index in [0.717, 1.165) is 24.1 Å². The highest BCUT2D eigenvalue weighted by molar-refractivity contribution is 5.50. The molecule has 1 aromatic rings. The Labute approximate surface area is 63.8 Å². The van der Waals surface area contributed by atoms with E-state index in [9.17, 15) is 4.79 Å². The summed E-state index contributed by atoms with van der Waals surface area (Å²) in [5, 5.41) is 0. The molecule has 0 fully saturated rings. The van der Waals surface area contributed by atoms with Gasteiger partial charge in [-0.1, -0.05) is 6.08 Å². The summed E-state index contributed by atoms with van der Waals surface area (Å²) in [5.74, 6) is 0. The molecule has 0 bridgehead atoms. The number of hydrogen-bond acceptors (Lipinski definition) is 2. The number of H-pyrrole nitrogens is 1. The van der Waals surface area contributed by atoms with E-state index in [1.54, 1.807) is 0 Å². The van der Waals surface area contributed by atoms with Gasteiger partial charge >= 0.3 is 0 Å². The largest absolute Gasteiger partial charge is 0.313 e. The second-order valence-corrected chi connectivity index (χ2v) is 2.54. The Morgan fingerprint density at radius 3 is 3.27 bits per heavy atom. The van der Waals surface area contributed by atoms with Crippen molar-refractivity contribution < 1.29 is 0 Å². The molecule has 0 saturated heterocycles. The van der Waals surface area contributed by atoms with Gasteiger partial charge in [0, 0.05) is 5.56 Å². The summed E-state index contributed by atoms with van der Waals surface area (Å²) in [6.45, 7) is 0. The molecule has 0 radical (unpaired) electrons. The first-order valence-corrected chi connectivity index (χ1v) is 3.61. The van der Waals surface area contributed by atoms with Crippen molar-refractivity contribution in [3.05, 3.63) is 34.0 Å². The molecular formula is C8H8N2O. The smallest absolute Gasteiger partial charge is 0.254 e. The fourth-order valence-corrected chi connectivity index (χ4v) is 1.25. The van der Waals surface area contributed by atoms with E-state index in [4.69, 9.17) is 0 Å². The maximum atomic E-state index is 11.1. The van der Waals surface area contributed by atoms with Crippen LogP contribution in [-0.4, -0.2) is 9.97 Å². The number of aromatic nitrogens is 2. The lowest BCUT2D eigenvalue weighted by atomic mass is 10.0. The van der Waals surface area contributed by atoms with E-state index in [2.05, 4.69) is 9.97 Å². The number of hydrogen-bond donors (Lipinski definition) is 1. The average Bonchev–Trinajstić information content (AvgIpc) is 2.06. The molecule has 11 heavy (non-hydrogen) atoms. The zero-order valence-electron chi connectivity index (χ0n) is 6.00. The maximum Gasteiger partial charge on any atom is 0.254 e. The summed E-state index contributed by atoms with van der Waals surface area (Å²) in [4.78, 5) is 17.7. The molecule has 0 saturated carbocycles. The van der Waals surface area contributed by atoms with Crippen LogP contribution in [0, 0.1) is 0 Å². The second kappa shape index (κ2) is 2.34. The monoisotopic (exact) mass is 148 g/mol. The summed E-state index contributed by atoms with van der Waals surface area (Å²) in [7, 11) is 0. The molecule has 0 amide bonds. The normalized spacial score (nSPS) is 14.5. The van der Waals surface area contributed by atoms with Crippen molar-refractivity contribution in [3.8, 4) is 0 Å². The minimum Gasteiger partial charge on any atom is -0.313 e. The SMILES string of the molecule is O=c1[nH]cnc2c1CCC=C2. The van der Waals surface area contributed by atoms with Crippen LogP contribution in [0.25, 0.3) is 6.08 Å². The van der Waals surface area contributed by atoms with Crippen molar-refractivity contribution in [1.82, 2.24) is 9.97 Å². The van der Waals surface area contributed by atoms with Gasteiger partial charge in [-0.15, -0.1) is 0 Å². The van der Waals surface area contributed by atoms with Crippen LogP contribution in [0.2, 0.25) is 0 Å². The Hall–Kier alpha value is -1.38. The minimum absolute atomic E-state index is 0.000602. The third-order valence-corrected chi connectivity index (χ3v) is 1.82. The molecule has 56 valence electrons. The van der Waals surface area contributed by atoms with Crippen molar-refractivity contribution in [1.29, 1.82) is 0 Å². The number of allylic oxidation sites excluding steroid dienone is 1. The highest BCUT2D eigenvalue weighted by atomic mass is 16.1. The standard InChI is InChI=1S/C8H8N2O/c11-8-6-3-1-2-4-7(6)9-5-10-8/h2,4-5H,1,3H2,(H,9,10,11). The van der Waals surface area contributed by atoms with Gasteiger partial charge in [0.05, 0.1) is 12.0 Å². The van der Waals surface area contributed by atoms with Crippen molar-refractivity contribution in [2.45, 2.75) is 12.8 Å². The lowest BCUT2D eigenvalue weighted by Crippen LogP contribution is -2.16. The van der Waals surface area contributed by atoms with E-state index in [0.29, 0.717) is 0 Å². The predicted octanol–water partition coefficient (Wildman–Crippen LogP) is 0.729. The third-order valence-electron chi connectivity index (χ3n) is 1.82. The number of nitrogens with zero attached hydrogens (tertiary/aromatic N) is 1. The van der Waals surface area contributed by atoms with Gasteiger partial charge in [-0.2, -0.15) is 0 Å². The van der Waals surface area contributed by atoms with Crippen LogP contribution in [0.15, 0.2) is 17.2 Å². The molecule has 1 aliphatic rings. The maximum absolute atomic E-state index is 11.1. The molecular weight excluding hydrogens is 140 g/mol. The van der Waals surface area contributed by atoms with E-state index in [1.807, 2.05) is 12.2 Å². The quantitative estimate of drug-likeness (QED) is 0.589. The molecule has 0 unspecified atom stereocenters. The Bertz CT molecular complexity index is 351. The van der Waals surface area contributed by atoms with E-state index in [-0.39, 0.29) is 5.56 Å². The first-order chi connectivity index (χ1) is 5.38. The molecule has 1 aliphatic carbocycles. The van der Waals surface area contributed by atoms with Gasteiger partial charge in [-0.25, -0.2) is 4.98 Å². The van der Waals surface area contributed by atoms with Gasteiger partial charge in [-0.3, -0.25) is 4.79 Å². The van der Waals surface area contributed by atoms with Crippen LogP contribution in [-0.2, 0) is 6.42 Å². The van der Waals surface area contributed by atoms with Crippen LogP contribution in [0.3, 0.4) is 0 Å². The molecule has 1 N–H and O–H groups in total. The predicted molar refractivity (Wildman–Crippen MR) is 42.2 cm³/mol. The molecule has 1 aromatic heterocycles. The fraction of sp³-hybridized carbons (Fsp3) is 0.250. The van der Waals surface area contributed by atoms with Crippen molar-refractivity contribution in [2.24, 2.45) is 0 Å². The third kappa shape index (κ3) is 0.981. The molecule has 3 nitrogen and oxygen atoms in total. The fourth-order valence-electron chi connectivity index (χ4n) is 1.25. The van der Waals surface area contributed by atoms with Crippen molar-refractivity contribution in [3.63, 3.8) is 0 Å². The Morgan fingerprint density at radius 1 is 1.55 bits per heavy atom. The summed E-state index contributed by atoms with van der Waals surface area (Å²) in [6, 6.07) is 0. The summed E-state index contributed by atoms with van der Waals surface area (Å²) in [5.41, 5.74) is 1.63. The molecule has 3 heteroatoms. The first kappa shape index (κ1) is 6.34. The minimum atomic E-state index is -0.000602. The first-order valence-electron chi connectivity index (χ1n) is 3.61. The van der Waals surface area contributed by atoms with Gasteiger partial charge in [0.15, 0.2) is 0 Å². The Kier molecular flexibility index (Phi) is 1.35. The summed E-state index contributed by atoms with van der Waals surface area (Å²) in [6.07, 6.45) is 7.14. The van der Waals surface area contributed by atoms with Crippen LogP contribution in [0.1, 0.15) is 17.7 Å². The van der Waals surface area contributed by atoms with Crippen LogP contribution in [0.5, 0.6) is 0 Å². The van der Waals surface area contributed by atoms with Gasteiger partial charge in [-0.05, 0) is 18.9 Å². The Balaban J connectivity index is 2.69. The highest BCUT2D eigenvalue weighted by Gasteiger charge is 2.07.